The zero-order valence-corrected chi connectivity index (χ0v) is 18.0. The Kier molecular flexibility index (Phi) is 5.06. The molecule has 31 heavy (non-hydrogen) atoms. The van der Waals surface area contributed by atoms with Crippen LogP contribution in [-0.4, -0.2) is 39.1 Å². The van der Waals surface area contributed by atoms with E-state index >= 15 is 0 Å². The number of nitrogens with zero attached hydrogens (tertiary/aromatic N) is 4. The molecule has 3 aromatic rings. The van der Waals surface area contributed by atoms with E-state index in [0.717, 1.165) is 16.8 Å². The molecule has 0 bridgehead atoms. The summed E-state index contributed by atoms with van der Waals surface area (Å²) in [6, 6.07) is 11.0. The SMILES string of the molecule is [C-]#[N+]c1ccc(-n2c(C(C)(C)N)cc3cc(C(=O)N4CCC(C)(F)CC4)cnc32)cc1. The Balaban J connectivity index is 1.75. The number of rotatable bonds is 3. The first-order valence-electron chi connectivity index (χ1n) is 10.4. The highest BCUT2D eigenvalue weighted by Gasteiger charge is 2.32. The predicted molar refractivity (Wildman–Crippen MR) is 119 cm³/mol. The Morgan fingerprint density at radius 2 is 1.87 bits per heavy atom. The summed E-state index contributed by atoms with van der Waals surface area (Å²) >= 11 is 0. The number of amides is 1. The topological polar surface area (TPSA) is 68.5 Å². The van der Waals surface area contributed by atoms with Crippen LogP contribution in [0.5, 0.6) is 0 Å². The van der Waals surface area contributed by atoms with Crippen LogP contribution in [-0.2, 0) is 5.54 Å². The van der Waals surface area contributed by atoms with Crippen molar-refractivity contribution in [2.45, 2.75) is 44.8 Å². The molecule has 0 unspecified atom stereocenters. The molecule has 1 fully saturated rings. The number of hydrogen-bond donors (Lipinski definition) is 1. The van der Waals surface area contributed by atoms with Gasteiger partial charge in [-0.3, -0.25) is 9.36 Å². The first-order valence-corrected chi connectivity index (χ1v) is 10.4. The third kappa shape index (κ3) is 4.04. The first kappa shape index (κ1) is 21.0. The van der Waals surface area contributed by atoms with Crippen molar-refractivity contribution in [3.63, 3.8) is 0 Å². The molecule has 1 aliphatic rings. The largest absolute Gasteiger partial charge is 0.338 e. The van der Waals surface area contributed by atoms with Crippen LogP contribution in [0.3, 0.4) is 0 Å². The molecule has 3 heterocycles. The van der Waals surface area contributed by atoms with Crippen molar-refractivity contribution in [2.75, 3.05) is 13.1 Å². The maximum absolute atomic E-state index is 14.1. The number of pyridine rings is 1. The van der Waals surface area contributed by atoms with Crippen LogP contribution < -0.4 is 5.73 Å². The van der Waals surface area contributed by atoms with Crippen LogP contribution in [0.1, 0.15) is 49.7 Å². The van der Waals surface area contributed by atoms with Crippen molar-refractivity contribution in [3.8, 4) is 5.69 Å². The summed E-state index contributed by atoms with van der Waals surface area (Å²) in [4.78, 5) is 22.7. The summed E-state index contributed by atoms with van der Waals surface area (Å²) in [5.74, 6) is -0.132. The molecule has 0 radical (unpaired) electrons. The molecular weight excluding hydrogens is 393 g/mol. The van der Waals surface area contributed by atoms with Gasteiger partial charge in [0.05, 0.1) is 17.7 Å². The number of alkyl halides is 1. The molecule has 4 rings (SSSR count). The molecule has 1 amide bonds. The molecule has 1 aliphatic heterocycles. The minimum absolute atomic E-state index is 0.132. The summed E-state index contributed by atoms with van der Waals surface area (Å²) in [6.07, 6.45) is 2.26. The fourth-order valence-corrected chi connectivity index (χ4v) is 3.98. The minimum atomic E-state index is -1.21. The summed E-state index contributed by atoms with van der Waals surface area (Å²) in [5.41, 5.74) is 8.01. The van der Waals surface area contributed by atoms with Crippen molar-refractivity contribution in [2.24, 2.45) is 5.73 Å². The Hall–Kier alpha value is -3.24. The minimum Gasteiger partial charge on any atom is -0.338 e. The van der Waals surface area contributed by atoms with Crippen LogP contribution >= 0.6 is 0 Å². The van der Waals surface area contributed by atoms with E-state index in [-0.39, 0.29) is 5.91 Å². The Morgan fingerprint density at radius 3 is 2.45 bits per heavy atom. The van der Waals surface area contributed by atoms with Crippen LogP contribution in [0.25, 0.3) is 21.6 Å². The van der Waals surface area contributed by atoms with E-state index in [1.54, 1.807) is 30.2 Å². The number of nitrogens with two attached hydrogens (primary N) is 1. The van der Waals surface area contributed by atoms with E-state index < -0.39 is 11.2 Å². The standard InChI is InChI=1S/C24H26FN5O/c1-23(2,26)20-14-16-13-17(22(31)29-11-9-24(3,25)10-12-29)15-28-21(16)30(20)19-7-5-18(27-4)6-8-19/h5-8,13-15H,9-12,26H2,1-3H3. The van der Waals surface area contributed by atoms with Crippen molar-refractivity contribution >= 4 is 22.6 Å². The number of carbonyl (C=O) groups excluding carboxylic acids is 1. The second kappa shape index (κ2) is 7.47. The monoisotopic (exact) mass is 419 g/mol. The number of carbonyl (C=O) groups is 1. The normalized spacial score (nSPS) is 16.3. The lowest BCUT2D eigenvalue weighted by molar-refractivity contribution is 0.0504. The molecule has 1 saturated heterocycles. The Bertz CT molecular complexity index is 1170. The molecule has 7 heteroatoms. The number of hydrogen-bond acceptors (Lipinski definition) is 3. The van der Waals surface area contributed by atoms with E-state index in [9.17, 15) is 9.18 Å². The third-order valence-electron chi connectivity index (χ3n) is 5.88. The molecule has 6 nitrogen and oxygen atoms in total. The second-order valence-electron chi connectivity index (χ2n) is 9.06. The summed E-state index contributed by atoms with van der Waals surface area (Å²) in [5, 5.41) is 0.806. The second-order valence-corrected chi connectivity index (χ2v) is 9.06. The number of likely N-dealkylation sites (tertiary alicyclic amines) is 1. The maximum Gasteiger partial charge on any atom is 0.255 e. The number of benzene rings is 1. The van der Waals surface area contributed by atoms with Gasteiger partial charge < -0.3 is 10.6 Å². The average molecular weight is 420 g/mol. The van der Waals surface area contributed by atoms with Crippen LogP contribution in [0.15, 0.2) is 42.6 Å². The first-order chi connectivity index (χ1) is 14.6. The van der Waals surface area contributed by atoms with E-state index in [1.165, 1.54) is 0 Å². The lowest BCUT2D eigenvalue weighted by atomic mass is 9.95. The van der Waals surface area contributed by atoms with Gasteiger partial charge in [0.25, 0.3) is 5.91 Å². The fourth-order valence-electron chi connectivity index (χ4n) is 3.98. The van der Waals surface area contributed by atoms with Crippen LogP contribution in [0.2, 0.25) is 0 Å². The molecule has 160 valence electrons. The molecule has 0 aliphatic carbocycles. The van der Waals surface area contributed by atoms with Gasteiger partial charge in [0.1, 0.15) is 11.3 Å². The lowest BCUT2D eigenvalue weighted by Crippen LogP contribution is -2.43. The summed E-state index contributed by atoms with van der Waals surface area (Å²) in [6.45, 7) is 13.4. The molecule has 2 N–H and O–H groups in total. The van der Waals surface area contributed by atoms with Gasteiger partial charge in [0.2, 0.25) is 0 Å². The van der Waals surface area contributed by atoms with Gasteiger partial charge >= 0.3 is 0 Å². The van der Waals surface area contributed by atoms with Gasteiger partial charge in [0.15, 0.2) is 5.69 Å². The summed E-state index contributed by atoms with van der Waals surface area (Å²) < 4.78 is 16.1. The Morgan fingerprint density at radius 1 is 1.23 bits per heavy atom. The van der Waals surface area contributed by atoms with Gasteiger partial charge in [-0.15, -0.1) is 0 Å². The quantitative estimate of drug-likeness (QED) is 0.624. The smallest absolute Gasteiger partial charge is 0.255 e. The zero-order chi connectivity index (χ0) is 22.4. The van der Waals surface area contributed by atoms with Gasteiger partial charge in [-0.05, 0) is 57.9 Å². The lowest BCUT2D eigenvalue weighted by Gasteiger charge is -2.34. The van der Waals surface area contributed by atoms with Gasteiger partial charge in [-0.2, -0.15) is 0 Å². The number of aromatic nitrogens is 2. The van der Waals surface area contributed by atoms with Crippen LogP contribution in [0, 0.1) is 6.57 Å². The molecule has 0 saturated carbocycles. The highest BCUT2D eigenvalue weighted by molar-refractivity contribution is 5.97. The summed E-state index contributed by atoms with van der Waals surface area (Å²) in [7, 11) is 0. The number of piperidine rings is 1. The number of fused-ring (bicyclic) bond motifs is 1. The number of halogens is 1. The van der Waals surface area contributed by atoms with Crippen molar-refractivity contribution < 1.29 is 9.18 Å². The fraction of sp³-hybridized carbons (Fsp3) is 0.375. The van der Waals surface area contributed by atoms with Crippen molar-refractivity contribution in [1.82, 2.24) is 14.5 Å². The van der Waals surface area contributed by atoms with Crippen molar-refractivity contribution in [3.05, 3.63) is 65.3 Å². The highest BCUT2D eigenvalue weighted by atomic mass is 19.1. The van der Waals surface area contributed by atoms with Crippen LogP contribution in [0.4, 0.5) is 10.1 Å². The molecular formula is C24H26FN5O. The van der Waals surface area contributed by atoms with Gasteiger partial charge in [-0.25, -0.2) is 14.2 Å². The zero-order valence-electron chi connectivity index (χ0n) is 18.0. The highest BCUT2D eigenvalue weighted by Crippen LogP contribution is 2.31. The van der Waals surface area contributed by atoms with E-state index in [1.807, 2.05) is 42.7 Å². The Labute approximate surface area is 181 Å². The van der Waals surface area contributed by atoms with Gasteiger partial charge in [0, 0.05) is 36.1 Å². The van der Waals surface area contributed by atoms with E-state index in [0.29, 0.717) is 42.8 Å². The molecule has 2 aromatic heterocycles. The molecule has 1 aromatic carbocycles. The van der Waals surface area contributed by atoms with Gasteiger partial charge in [-0.1, -0.05) is 12.1 Å². The maximum atomic E-state index is 14.1. The molecule has 0 atom stereocenters. The van der Waals surface area contributed by atoms with Crippen molar-refractivity contribution in [1.29, 1.82) is 0 Å². The van der Waals surface area contributed by atoms with E-state index in [2.05, 4.69) is 9.83 Å². The van der Waals surface area contributed by atoms with E-state index in [4.69, 9.17) is 12.3 Å². The predicted octanol–water partition coefficient (Wildman–Crippen LogP) is 4.73. The third-order valence-corrected chi connectivity index (χ3v) is 5.88. The molecule has 0 spiro atoms. The average Bonchev–Trinajstić information content (AvgIpc) is 3.12.